The van der Waals surface area contributed by atoms with Gasteiger partial charge in [-0.3, -0.25) is 52.7 Å². The predicted octanol–water partition coefficient (Wildman–Crippen LogP) is -1.12. The van der Waals surface area contributed by atoms with Crippen LogP contribution in [0.4, 0.5) is 0 Å². The molecule has 2 fully saturated rings. The van der Waals surface area contributed by atoms with Gasteiger partial charge in [-0.1, -0.05) is 119 Å². The highest BCUT2D eigenvalue weighted by Crippen LogP contribution is 2.22. The molecule has 11 amide bonds. The van der Waals surface area contributed by atoms with Crippen LogP contribution in [0.15, 0.2) is 91.0 Å². The van der Waals surface area contributed by atoms with Crippen molar-refractivity contribution in [1.29, 1.82) is 0 Å². The van der Waals surface area contributed by atoms with Gasteiger partial charge in [-0.2, -0.15) is 0 Å². The molecule has 25 heteroatoms. The fourth-order valence-electron chi connectivity index (χ4n) is 10.5. The lowest BCUT2D eigenvalue weighted by atomic mass is 9.99. The molecule has 0 saturated carbocycles. The van der Waals surface area contributed by atoms with Crippen LogP contribution in [-0.4, -0.2) is 156 Å². The molecule has 0 unspecified atom stereocenters. The Kier molecular flexibility index (Phi) is 28.2. The number of nitrogens with one attached hydrogen (secondary N) is 9. The van der Waals surface area contributed by atoms with Crippen molar-refractivity contribution in [2.75, 3.05) is 26.2 Å². The molecule has 0 radical (unpaired) electrons. The molecule has 25 nitrogen and oxygen atoms in total. The van der Waals surface area contributed by atoms with Gasteiger partial charge in [0.15, 0.2) is 0 Å². The molecular weight excluding hydrogens is 1120 g/mol. The number of amides is 11. The molecule has 0 aromatic heterocycles. The van der Waals surface area contributed by atoms with Gasteiger partial charge in [-0.05, 0) is 106 Å². The van der Waals surface area contributed by atoms with Gasteiger partial charge < -0.3 is 75.7 Å². The van der Waals surface area contributed by atoms with Gasteiger partial charge in [0, 0.05) is 25.8 Å². The first kappa shape index (κ1) is 69.5. The molecule has 5 rings (SSSR count). The molecule has 87 heavy (non-hydrogen) atoms. The first-order valence-electron chi connectivity index (χ1n) is 30.2. The maximum absolute atomic E-state index is 15.1. The van der Waals surface area contributed by atoms with Crippen molar-refractivity contribution in [1.82, 2.24) is 52.8 Å². The summed E-state index contributed by atoms with van der Waals surface area (Å²) in [4.78, 5) is 160. The zero-order valence-electron chi connectivity index (χ0n) is 50.4. The van der Waals surface area contributed by atoms with Crippen LogP contribution in [0.1, 0.15) is 109 Å². The molecule has 0 spiro atoms. The lowest BCUT2D eigenvalue weighted by Crippen LogP contribution is -2.62. The van der Waals surface area contributed by atoms with Gasteiger partial charge in [-0.25, -0.2) is 0 Å². The van der Waals surface area contributed by atoms with E-state index in [1.807, 2.05) is 13.8 Å². The zero-order valence-corrected chi connectivity index (χ0v) is 50.4. The fraction of sp³-hybridized carbons (Fsp3) is 0.532. The minimum absolute atomic E-state index is 0.0203. The standard InChI is InChI=1S/C62H90N14O11/c1-37(2)32-45-56(81)74-49(35-41-22-12-7-13-23-41)62(87)76-31-17-27-50(76)60(85)73-47(34-40-20-10-6-11-21-40)58(83)71-46(33-39-18-8-5-9-19-39)57(82)72-48(36-51(66)77)59(84)68-42(24-14-28-63)53(78)67-44(26-16-30-65)55(80)75-52(38(3)4)61(86)69-43(25-15-29-64)54(79)70-45/h5-13,18-23,37-38,42-50,52H,14-17,24-36,63-65H2,1-4H3,(H2,66,77)(H,67,78)(H,68,84)(H,69,86)(H,70,79)(H,71,83)(H,72,82)(H,73,85)(H,74,81)(H,75,80)/t42-,43-,44-,45-,46+,47-,48-,49+,50-,52-/m0/s1. The quantitative estimate of drug-likeness (QED) is 0.0638. The molecule has 2 aliphatic heterocycles. The van der Waals surface area contributed by atoms with Crippen molar-refractivity contribution < 1.29 is 52.7 Å². The van der Waals surface area contributed by atoms with Crippen molar-refractivity contribution >= 4 is 65.0 Å². The number of nitrogens with zero attached hydrogens (tertiary/aromatic N) is 1. The first-order valence-corrected chi connectivity index (χ1v) is 30.2. The minimum Gasteiger partial charge on any atom is -0.370 e. The van der Waals surface area contributed by atoms with Crippen LogP contribution in [0.2, 0.25) is 0 Å². The highest BCUT2D eigenvalue weighted by atomic mass is 16.2. The van der Waals surface area contributed by atoms with Crippen LogP contribution < -0.4 is 70.8 Å². The number of primary amides is 1. The number of benzene rings is 3. The summed E-state index contributed by atoms with van der Waals surface area (Å²) >= 11 is 0. The van der Waals surface area contributed by atoms with Crippen LogP contribution in [0.5, 0.6) is 0 Å². The van der Waals surface area contributed by atoms with E-state index in [0.29, 0.717) is 23.1 Å². The molecule has 2 aliphatic rings. The number of rotatable bonds is 20. The summed E-state index contributed by atoms with van der Waals surface area (Å²) in [6.07, 6.45) is 0.196. The average Bonchev–Trinajstić information content (AvgIpc) is 2.68. The van der Waals surface area contributed by atoms with Crippen molar-refractivity contribution in [2.45, 2.75) is 172 Å². The van der Waals surface area contributed by atoms with E-state index in [2.05, 4.69) is 47.9 Å². The third-order valence-corrected chi connectivity index (χ3v) is 15.2. The van der Waals surface area contributed by atoms with Gasteiger partial charge in [0.05, 0.1) is 6.42 Å². The highest BCUT2D eigenvalue weighted by Gasteiger charge is 2.41. The Morgan fingerprint density at radius 2 is 0.793 bits per heavy atom. The van der Waals surface area contributed by atoms with Crippen LogP contribution in [-0.2, 0) is 72.0 Å². The second-order valence-corrected chi connectivity index (χ2v) is 23.1. The largest absolute Gasteiger partial charge is 0.370 e. The van der Waals surface area contributed by atoms with Gasteiger partial charge in [0.25, 0.3) is 0 Å². The second-order valence-electron chi connectivity index (χ2n) is 23.1. The van der Waals surface area contributed by atoms with Crippen LogP contribution in [0, 0.1) is 11.8 Å². The maximum Gasteiger partial charge on any atom is 0.246 e. The molecule has 0 bridgehead atoms. The Labute approximate surface area is 508 Å². The number of nitrogens with two attached hydrogens (primary N) is 4. The Morgan fingerprint density at radius 1 is 0.448 bits per heavy atom. The van der Waals surface area contributed by atoms with Crippen molar-refractivity contribution in [3.8, 4) is 0 Å². The van der Waals surface area contributed by atoms with Gasteiger partial charge >= 0.3 is 0 Å². The minimum atomic E-state index is -1.72. The summed E-state index contributed by atoms with van der Waals surface area (Å²) < 4.78 is 0. The number of hydrogen-bond acceptors (Lipinski definition) is 14. The Bertz CT molecular complexity index is 2790. The predicted molar refractivity (Wildman–Crippen MR) is 326 cm³/mol. The molecule has 17 N–H and O–H groups in total. The van der Waals surface area contributed by atoms with Gasteiger partial charge in [0.1, 0.15) is 60.4 Å². The van der Waals surface area contributed by atoms with E-state index in [-0.39, 0.29) is 103 Å². The Morgan fingerprint density at radius 3 is 1.22 bits per heavy atom. The SMILES string of the molecule is CC(C)C[C@@H]1NC(=O)[C@H](CCCN)NC(=O)[C@H](C(C)C)NC(=O)[C@H](CCCN)NC(=O)[C@H](CCCN)NC(=O)[C@H](CC(N)=O)NC(=O)[C@@H](Cc2ccccc2)NC(=O)[C@H](Cc2ccccc2)NC(=O)[C@@H]2CCCN2C(=O)[C@@H](Cc2ccccc2)NC1=O. The highest BCUT2D eigenvalue weighted by molar-refractivity contribution is 6.00. The Hall–Kier alpha value is -8.29. The normalized spacial score (nSPS) is 24.7. The average molecular weight is 1210 g/mol. The molecule has 10 atom stereocenters. The van der Waals surface area contributed by atoms with E-state index >= 15 is 4.79 Å². The molecule has 3 aromatic rings. The zero-order chi connectivity index (χ0) is 63.6. The first-order chi connectivity index (χ1) is 41.6. The van der Waals surface area contributed by atoms with Crippen molar-refractivity contribution in [3.05, 3.63) is 108 Å². The molecule has 474 valence electrons. The van der Waals surface area contributed by atoms with E-state index in [9.17, 15) is 47.9 Å². The van der Waals surface area contributed by atoms with E-state index in [1.54, 1.807) is 105 Å². The number of carbonyl (C=O) groups is 11. The summed E-state index contributed by atoms with van der Waals surface area (Å²) in [6, 6.07) is 12.7. The summed E-state index contributed by atoms with van der Waals surface area (Å²) in [6.45, 7) is 7.40. The van der Waals surface area contributed by atoms with Crippen molar-refractivity contribution in [3.63, 3.8) is 0 Å². The fourth-order valence-corrected chi connectivity index (χ4v) is 10.5. The summed E-state index contributed by atoms with van der Waals surface area (Å²) in [5, 5.41) is 24.6. The van der Waals surface area contributed by atoms with Crippen LogP contribution >= 0.6 is 0 Å². The van der Waals surface area contributed by atoms with E-state index in [4.69, 9.17) is 22.9 Å². The third kappa shape index (κ3) is 22.2. The summed E-state index contributed by atoms with van der Waals surface area (Å²) in [5.74, 6) is -9.78. The van der Waals surface area contributed by atoms with Gasteiger partial charge in [-0.15, -0.1) is 0 Å². The third-order valence-electron chi connectivity index (χ3n) is 15.2. The number of carbonyl (C=O) groups excluding carboxylic acids is 11. The summed E-state index contributed by atoms with van der Waals surface area (Å²) in [7, 11) is 0. The molecule has 0 aliphatic carbocycles. The molecule has 2 saturated heterocycles. The maximum atomic E-state index is 15.1. The van der Waals surface area contributed by atoms with Crippen LogP contribution in [0.3, 0.4) is 0 Å². The topological polar surface area (TPSA) is 403 Å². The smallest absolute Gasteiger partial charge is 0.246 e. The monoisotopic (exact) mass is 1210 g/mol. The van der Waals surface area contributed by atoms with E-state index < -0.39 is 138 Å². The lowest BCUT2D eigenvalue weighted by molar-refractivity contribution is -0.142. The second kappa shape index (κ2) is 35.4. The van der Waals surface area contributed by atoms with E-state index in [1.165, 1.54) is 4.90 Å². The Balaban J connectivity index is 1.63. The van der Waals surface area contributed by atoms with Crippen LogP contribution in [0.25, 0.3) is 0 Å². The molecule has 2 heterocycles. The van der Waals surface area contributed by atoms with Crippen molar-refractivity contribution in [2.24, 2.45) is 34.8 Å². The number of hydrogen-bond donors (Lipinski definition) is 13. The lowest BCUT2D eigenvalue weighted by Gasteiger charge is -2.32. The molecule has 3 aromatic carbocycles. The number of fused-ring (bicyclic) bond motifs is 1. The van der Waals surface area contributed by atoms with E-state index in [0.717, 1.165) is 0 Å². The summed E-state index contributed by atoms with van der Waals surface area (Å²) in [5.41, 5.74) is 25.2. The molecular formula is C62H90N14O11. The van der Waals surface area contributed by atoms with Gasteiger partial charge in [0.2, 0.25) is 65.0 Å².